The van der Waals surface area contributed by atoms with Crippen molar-refractivity contribution in [1.82, 2.24) is 9.80 Å². The van der Waals surface area contributed by atoms with E-state index < -0.39 is 5.60 Å². The topological polar surface area (TPSA) is 80.8 Å². The number of rotatable bonds is 8. The minimum atomic E-state index is -0.540. The Morgan fingerprint density at radius 2 is 1.48 bits per heavy atom. The van der Waals surface area contributed by atoms with E-state index >= 15 is 0 Å². The van der Waals surface area contributed by atoms with Gasteiger partial charge in [0.15, 0.2) is 11.5 Å². The molecule has 218 valence electrons. The third kappa shape index (κ3) is 8.41. The fourth-order valence-corrected chi connectivity index (χ4v) is 5.24. The lowest BCUT2D eigenvalue weighted by molar-refractivity contribution is -0.116. The van der Waals surface area contributed by atoms with E-state index in [-0.39, 0.29) is 17.8 Å². The quantitative estimate of drug-likeness (QED) is 0.390. The van der Waals surface area contributed by atoms with Gasteiger partial charge in [0.2, 0.25) is 11.7 Å². The number of benzene rings is 2. The molecule has 9 nitrogen and oxygen atoms in total. The maximum Gasteiger partial charge on any atom is 0.410 e. The SMILES string of the molecule is COc1cc(N(Cc2ccc(C)cc2)C(=O)CSC(=S)N2CCN(C(=O)OC(C)(C)C)CC2)cc(OC)c1OC. The zero-order valence-corrected chi connectivity index (χ0v) is 25.9. The van der Waals surface area contributed by atoms with Crippen LogP contribution in [0.15, 0.2) is 36.4 Å². The number of carbonyl (C=O) groups excluding carboxylic acids is 2. The van der Waals surface area contributed by atoms with Gasteiger partial charge >= 0.3 is 6.09 Å². The molecule has 1 fully saturated rings. The molecule has 1 aliphatic heterocycles. The zero-order valence-electron chi connectivity index (χ0n) is 24.3. The summed E-state index contributed by atoms with van der Waals surface area (Å²) in [6.45, 7) is 10.1. The predicted octanol–water partition coefficient (Wildman–Crippen LogP) is 5.12. The van der Waals surface area contributed by atoms with Gasteiger partial charge in [-0.3, -0.25) is 4.79 Å². The standard InChI is InChI=1S/C29H39N3O6S2/c1-20-8-10-21(11-9-20)18-32(22-16-23(35-5)26(37-7)24(17-22)36-6)25(33)19-40-28(39)31-14-12-30(13-15-31)27(34)38-29(2,3)4/h8-11,16-17H,12-15,18-19H2,1-7H3. The Kier molecular flexibility index (Phi) is 10.9. The molecule has 1 aliphatic rings. The van der Waals surface area contributed by atoms with Crippen molar-refractivity contribution in [3.8, 4) is 17.2 Å². The predicted molar refractivity (Wildman–Crippen MR) is 163 cm³/mol. The van der Waals surface area contributed by atoms with Crippen molar-refractivity contribution in [3.63, 3.8) is 0 Å². The number of carbonyl (C=O) groups is 2. The summed E-state index contributed by atoms with van der Waals surface area (Å²) in [6.07, 6.45) is -0.321. The van der Waals surface area contributed by atoms with Crippen LogP contribution in [0.4, 0.5) is 10.5 Å². The van der Waals surface area contributed by atoms with Crippen LogP contribution in [-0.4, -0.2) is 85.0 Å². The summed E-state index contributed by atoms with van der Waals surface area (Å²) in [5.41, 5.74) is 2.21. The van der Waals surface area contributed by atoms with Gasteiger partial charge < -0.3 is 33.6 Å². The molecule has 40 heavy (non-hydrogen) atoms. The van der Waals surface area contributed by atoms with Crippen molar-refractivity contribution < 1.29 is 28.5 Å². The number of nitrogens with zero attached hydrogens (tertiary/aromatic N) is 3. The molecule has 2 aromatic rings. The molecule has 0 spiro atoms. The second-order valence-corrected chi connectivity index (χ2v) is 12.0. The number of ether oxygens (including phenoxy) is 4. The molecule has 0 saturated carbocycles. The van der Waals surface area contributed by atoms with Gasteiger partial charge in [-0.05, 0) is 33.3 Å². The van der Waals surface area contributed by atoms with Crippen LogP contribution in [0.3, 0.4) is 0 Å². The first kappa shape index (κ1) is 31.3. The van der Waals surface area contributed by atoms with E-state index in [1.165, 1.54) is 11.8 Å². The summed E-state index contributed by atoms with van der Waals surface area (Å²) in [5, 5.41) is 0. The van der Waals surface area contributed by atoms with Crippen LogP contribution in [0.2, 0.25) is 0 Å². The summed E-state index contributed by atoms with van der Waals surface area (Å²) in [7, 11) is 4.63. The first-order valence-electron chi connectivity index (χ1n) is 13.0. The van der Waals surface area contributed by atoms with E-state index in [1.807, 2.05) is 56.9 Å². The summed E-state index contributed by atoms with van der Waals surface area (Å²) < 4.78 is 22.6. The monoisotopic (exact) mass is 589 g/mol. The normalized spacial score (nSPS) is 13.5. The molecule has 3 rings (SSSR count). The molecule has 0 N–H and O–H groups in total. The first-order valence-corrected chi connectivity index (χ1v) is 14.4. The third-order valence-corrected chi connectivity index (χ3v) is 7.74. The van der Waals surface area contributed by atoms with Crippen LogP contribution >= 0.6 is 24.0 Å². The molecule has 0 aromatic heterocycles. The van der Waals surface area contributed by atoms with Crippen molar-refractivity contribution in [2.45, 2.75) is 39.8 Å². The summed E-state index contributed by atoms with van der Waals surface area (Å²) in [4.78, 5) is 31.5. The number of aryl methyl sites for hydroxylation is 1. The van der Waals surface area contributed by atoms with Crippen LogP contribution in [-0.2, 0) is 16.1 Å². The molecule has 1 heterocycles. The smallest absolute Gasteiger partial charge is 0.410 e. The van der Waals surface area contributed by atoms with Gasteiger partial charge in [0.1, 0.15) is 9.92 Å². The molecular formula is C29H39N3O6S2. The van der Waals surface area contributed by atoms with Gasteiger partial charge in [-0.15, -0.1) is 0 Å². The Morgan fingerprint density at radius 1 is 0.925 bits per heavy atom. The summed E-state index contributed by atoms with van der Waals surface area (Å²) in [5.74, 6) is 1.41. The number of amides is 2. The number of thioether (sulfide) groups is 1. The van der Waals surface area contributed by atoms with Gasteiger partial charge in [0, 0.05) is 38.3 Å². The second-order valence-electron chi connectivity index (χ2n) is 10.4. The fraction of sp³-hybridized carbons (Fsp3) is 0.483. The number of hydrogen-bond donors (Lipinski definition) is 0. The third-order valence-electron chi connectivity index (χ3n) is 6.23. The number of anilines is 1. The largest absolute Gasteiger partial charge is 0.493 e. The Balaban J connectivity index is 1.72. The average molecular weight is 590 g/mol. The second kappa shape index (κ2) is 13.9. The molecule has 0 atom stereocenters. The van der Waals surface area contributed by atoms with Crippen molar-refractivity contribution in [3.05, 3.63) is 47.5 Å². The highest BCUT2D eigenvalue weighted by molar-refractivity contribution is 8.23. The van der Waals surface area contributed by atoms with Crippen molar-refractivity contribution in [2.75, 3.05) is 58.2 Å². The molecule has 1 saturated heterocycles. The highest BCUT2D eigenvalue weighted by atomic mass is 32.2. The van der Waals surface area contributed by atoms with Gasteiger partial charge in [0.05, 0.1) is 39.3 Å². The van der Waals surface area contributed by atoms with Crippen LogP contribution in [0.5, 0.6) is 17.2 Å². The molecule has 0 bridgehead atoms. The van der Waals surface area contributed by atoms with Crippen molar-refractivity contribution in [2.24, 2.45) is 0 Å². The molecule has 0 radical (unpaired) electrons. The zero-order chi connectivity index (χ0) is 29.4. The number of methoxy groups -OCH3 is 3. The highest BCUT2D eigenvalue weighted by Crippen LogP contribution is 2.41. The Bertz CT molecular complexity index is 1170. The van der Waals surface area contributed by atoms with E-state index in [0.29, 0.717) is 60.0 Å². The van der Waals surface area contributed by atoms with Crippen molar-refractivity contribution in [1.29, 1.82) is 0 Å². The lowest BCUT2D eigenvalue weighted by Gasteiger charge is -2.36. The van der Waals surface area contributed by atoms with Crippen LogP contribution in [0, 0.1) is 6.92 Å². The maximum absolute atomic E-state index is 13.7. The minimum absolute atomic E-state index is 0.116. The first-order chi connectivity index (χ1) is 18.9. The molecule has 2 aromatic carbocycles. The lowest BCUT2D eigenvalue weighted by atomic mass is 10.1. The van der Waals surface area contributed by atoms with Gasteiger partial charge in [-0.1, -0.05) is 53.8 Å². The molecule has 2 amide bonds. The maximum atomic E-state index is 13.7. The average Bonchev–Trinajstić information content (AvgIpc) is 2.93. The van der Waals surface area contributed by atoms with Crippen molar-refractivity contribution >= 4 is 46.0 Å². The van der Waals surface area contributed by atoms with Gasteiger partial charge in [-0.25, -0.2) is 4.79 Å². The molecule has 0 unspecified atom stereocenters. The van der Waals surface area contributed by atoms with Crippen LogP contribution in [0.25, 0.3) is 0 Å². The lowest BCUT2D eigenvalue weighted by Crippen LogP contribution is -2.51. The summed E-state index contributed by atoms with van der Waals surface area (Å²) in [6, 6.07) is 11.6. The van der Waals surface area contributed by atoms with Gasteiger partial charge in [-0.2, -0.15) is 0 Å². The van der Waals surface area contributed by atoms with E-state index in [4.69, 9.17) is 31.2 Å². The highest BCUT2D eigenvalue weighted by Gasteiger charge is 2.28. The molecular weight excluding hydrogens is 550 g/mol. The van der Waals surface area contributed by atoms with E-state index in [2.05, 4.69) is 0 Å². The number of hydrogen-bond acceptors (Lipinski definition) is 8. The van der Waals surface area contributed by atoms with E-state index in [1.54, 1.807) is 43.3 Å². The minimum Gasteiger partial charge on any atom is -0.493 e. The fourth-order valence-electron chi connectivity index (χ4n) is 4.11. The Hall–Kier alpha value is -3.18. The van der Waals surface area contributed by atoms with E-state index in [0.717, 1.165) is 11.1 Å². The molecule has 0 aliphatic carbocycles. The summed E-state index contributed by atoms with van der Waals surface area (Å²) >= 11 is 6.99. The van der Waals surface area contributed by atoms with Crippen LogP contribution < -0.4 is 19.1 Å². The number of thiocarbonyl (C=S) groups is 1. The Morgan fingerprint density at radius 3 is 1.98 bits per heavy atom. The Labute approximate surface area is 246 Å². The van der Waals surface area contributed by atoms with Gasteiger partial charge in [0.25, 0.3) is 0 Å². The number of piperazine rings is 1. The molecule has 11 heteroatoms. The van der Waals surface area contributed by atoms with E-state index in [9.17, 15) is 9.59 Å². The van der Waals surface area contributed by atoms with Crippen LogP contribution in [0.1, 0.15) is 31.9 Å².